The highest BCUT2D eigenvalue weighted by molar-refractivity contribution is 7.89. The van der Waals surface area contributed by atoms with Crippen LogP contribution < -0.4 is 20.3 Å². The summed E-state index contributed by atoms with van der Waals surface area (Å²) < 4.78 is 32.7. The second-order valence-corrected chi connectivity index (χ2v) is 7.79. The minimum atomic E-state index is -4.01. The van der Waals surface area contributed by atoms with Gasteiger partial charge in [0.15, 0.2) is 0 Å². The van der Waals surface area contributed by atoms with Crippen LogP contribution in [-0.4, -0.2) is 44.6 Å². The number of amides is 2. The maximum atomic E-state index is 12.6. The van der Waals surface area contributed by atoms with Gasteiger partial charge in [-0.25, -0.2) is 13.9 Å². The van der Waals surface area contributed by atoms with Crippen LogP contribution >= 0.6 is 0 Å². The molecule has 4 N–H and O–H groups in total. The predicted octanol–water partition coefficient (Wildman–Crippen LogP) is 0.938. The number of hydrogen-bond acceptors (Lipinski definition) is 6. The van der Waals surface area contributed by atoms with E-state index in [-0.39, 0.29) is 23.8 Å². The van der Waals surface area contributed by atoms with Gasteiger partial charge in [0, 0.05) is 13.0 Å². The van der Waals surface area contributed by atoms with Crippen molar-refractivity contribution in [2.24, 2.45) is 0 Å². The summed E-state index contributed by atoms with van der Waals surface area (Å²) >= 11 is 0. The number of hydroxylamine groups is 1. The minimum Gasteiger partial charge on any atom is -0.481 e. The van der Waals surface area contributed by atoms with Gasteiger partial charge in [0.2, 0.25) is 15.9 Å². The van der Waals surface area contributed by atoms with E-state index in [1.165, 1.54) is 29.7 Å². The van der Waals surface area contributed by atoms with E-state index in [0.717, 1.165) is 6.42 Å². The average Bonchev–Trinajstić information content (AvgIpc) is 2.70. The molecule has 2 amide bonds. The molecule has 1 atom stereocenters. The van der Waals surface area contributed by atoms with E-state index in [0.29, 0.717) is 25.1 Å². The Hall–Kier alpha value is -2.61. The fraction of sp³-hybridized carbons (Fsp3) is 0.474. The monoisotopic (exact) mass is 425 g/mol. The molecule has 0 fully saturated rings. The summed E-state index contributed by atoms with van der Waals surface area (Å²) in [7, 11) is -4.01. The third-order valence-electron chi connectivity index (χ3n) is 3.81. The summed E-state index contributed by atoms with van der Waals surface area (Å²) in [6.45, 7) is 4.05. The summed E-state index contributed by atoms with van der Waals surface area (Å²) in [5.74, 6) is 4.88. The second-order valence-electron chi connectivity index (χ2n) is 6.08. The Morgan fingerprint density at radius 1 is 1.24 bits per heavy atom. The first-order valence-electron chi connectivity index (χ1n) is 9.19. The zero-order valence-electron chi connectivity index (χ0n) is 16.5. The Balaban J connectivity index is 2.71. The van der Waals surface area contributed by atoms with Gasteiger partial charge in [-0.05, 0) is 50.5 Å². The summed E-state index contributed by atoms with van der Waals surface area (Å²) in [5, 5.41) is 11.6. The van der Waals surface area contributed by atoms with Crippen LogP contribution in [0, 0.1) is 11.8 Å². The lowest BCUT2D eigenvalue weighted by Crippen LogP contribution is -2.46. The smallest absolute Gasteiger partial charge is 0.261 e. The number of rotatable bonds is 12. The molecule has 0 aliphatic carbocycles. The average molecular weight is 426 g/mol. The van der Waals surface area contributed by atoms with Gasteiger partial charge < -0.3 is 10.1 Å². The van der Waals surface area contributed by atoms with Crippen molar-refractivity contribution in [2.45, 2.75) is 50.5 Å². The molecule has 1 rings (SSSR count). The maximum absolute atomic E-state index is 12.6. The third-order valence-corrected chi connectivity index (χ3v) is 5.30. The van der Waals surface area contributed by atoms with Crippen molar-refractivity contribution < 1.29 is 28.0 Å². The Bertz CT molecular complexity index is 828. The molecule has 0 spiro atoms. The molecule has 0 radical (unpaired) electrons. The van der Waals surface area contributed by atoms with Crippen molar-refractivity contribution in [3.63, 3.8) is 0 Å². The maximum Gasteiger partial charge on any atom is 0.261 e. The topological polar surface area (TPSA) is 134 Å². The molecule has 0 aliphatic heterocycles. The van der Waals surface area contributed by atoms with Gasteiger partial charge in [-0.15, -0.1) is 5.92 Å². The van der Waals surface area contributed by atoms with Crippen molar-refractivity contribution in [1.29, 1.82) is 0 Å². The Morgan fingerprint density at radius 2 is 1.93 bits per heavy atom. The highest BCUT2D eigenvalue weighted by atomic mass is 32.2. The highest BCUT2D eigenvalue weighted by Crippen LogP contribution is 2.16. The molecule has 160 valence electrons. The minimum absolute atomic E-state index is 0.0570. The number of sulfonamides is 1. The molecule has 1 aromatic carbocycles. The van der Waals surface area contributed by atoms with Crippen LogP contribution in [-0.2, 0) is 19.6 Å². The molecular weight excluding hydrogens is 398 g/mol. The number of carbonyl (C=O) groups is 2. The number of ether oxygens (including phenoxy) is 1. The fourth-order valence-electron chi connectivity index (χ4n) is 2.33. The summed E-state index contributed by atoms with van der Waals surface area (Å²) in [6, 6.07) is 4.46. The molecule has 0 heterocycles. The predicted molar refractivity (Wildman–Crippen MR) is 107 cm³/mol. The molecule has 10 heteroatoms. The van der Waals surface area contributed by atoms with Crippen LogP contribution in [0.4, 0.5) is 0 Å². The standard InChI is InChI=1S/C19H27N3O6S/c1-3-5-14-28-15-9-11-16(12-10-15)29(26,27)22-17(19(24)21-25)8-6-13-20-18(23)7-4-2/h9-12,17,22,25H,4,6-8,13-14H2,1-2H3,(H,20,23)(H,21,24)/t17-/m1/s1. The van der Waals surface area contributed by atoms with E-state index >= 15 is 0 Å². The van der Waals surface area contributed by atoms with Gasteiger partial charge in [-0.1, -0.05) is 12.8 Å². The number of nitrogens with one attached hydrogen (secondary N) is 3. The Labute approximate surface area is 171 Å². The Kier molecular flexibility index (Phi) is 10.8. The quantitative estimate of drug-likeness (QED) is 0.170. The first-order valence-corrected chi connectivity index (χ1v) is 10.7. The highest BCUT2D eigenvalue weighted by Gasteiger charge is 2.25. The van der Waals surface area contributed by atoms with Crippen molar-refractivity contribution in [1.82, 2.24) is 15.5 Å². The van der Waals surface area contributed by atoms with Crippen molar-refractivity contribution in [2.75, 3.05) is 13.2 Å². The first-order chi connectivity index (χ1) is 13.8. The van der Waals surface area contributed by atoms with E-state index < -0.39 is 22.0 Å². The normalized spacial score (nSPS) is 11.7. The fourth-order valence-corrected chi connectivity index (χ4v) is 3.56. The van der Waals surface area contributed by atoms with Crippen molar-refractivity contribution >= 4 is 21.8 Å². The van der Waals surface area contributed by atoms with Crippen LogP contribution in [0.2, 0.25) is 0 Å². The molecule has 0 bridgehead atoms. The molecule has 0 saturated carbocycles. The molecule has 0 aliphatic rings. The van der Waals surface area contributed by atoms with Gasteiger partial charge in [0.1, 0.15) is 18.4 Å². The van der Waals surface area contributed by atoms with Crippen LogP contribution in [0.3, 0.4) is 0 Å². The summed E-state index contributed by atoms with van der Waals surface area (Å²) in [5.41, 5.74) is 1.46. The molecule has 1 aromatic rings. The molecule has 0 unspecified atom stereocenters. The van der Waals surface area contributed by atoms with Crippen molar-refractivity contribution in [3.05, 3.63) is 24.3 Å². The first kappa shape index (κ1) is 24.4. The van der Waals surface area contributed by atoms with Gasteiger partial charge in [-0.2, -0.15) is 4.72 Å². The van der Waals surface area contributed by atoms with Gasteiger partial charge >= 0.3 is 0 Å². The van der Waals surface area contributed by atoms with Crippen LogP contribution in [0.25, 0.3) is 0 Å². The van der Waals surface area contributed by atoms with Gasteiger partial charge in [-0.3, -0.25) is 14.8 Å². The lowest BCUT2D eigenvalue weighted by atomic mass is 10.1. The zero-order chi connectivity index (χ0) is 21.7. The van der Waals surface area contributed by atoms with Gasteiger partial charge in [0.05, 0.1) is 4.90 Å². The largest absolute Gasteiger partial charge is 0.481 e. The summed E-state index contributed by atoms with van der Waals surface area (Å²) in [4.78, 5) is 23.2. The zero-order valence-corrected chi connectivity index (χ0v) is 17.3. The Morgan fingerprint density at radius 3 is 2.52 bits per heavy atom. The lowest BCUT2D eigenvalue weighted by molar-refractivity contribution is -0.131. The van der Waals surface area contributed by atoms with E-state index in [1.54, 1.807) is 6.92 Å². The number of hydrogen-bond donors (Lipinski definition) is 4. The molecule has 29 heavy (non-hydrogen) atoms. The summed E-state index contributed by atoms with van der Waals surface area (Å²) in [6.07, 6.45) is 1.56. The van der Waals surface area contributed by atoms with Crippen molar-refractivity contribution in [3.8, 4) is 17.6 Å². The van der Waals surface area contributed by atoms with Crippen LogP contribution in [0.15, 0.2) is 29.2 Å². The molecule has 0 saturated heterocycles. The van der Waals surface area contributed by atoms with E-state index in [1.807, 2.05) is 6.92 Å². The third kappa shape index (κ3) is 8.95. The van der Waals surface area contributed by atoms with E-state index in [2.05, 4.69) is 21.9 Å². The SMILES string of the molecule is CC#CCOc1ccc(S(=O)(=O)N[C@H](CCCNC(=O)CCC)C(=O)NO)cc1. The molecular formula is C19H27N3O6S. The van der Waals surface area contributed by atoms with E-state index in [9.17, 15) is 18.0 Å². The lowest BCUT2D eigenvalue weighted by Gasteiger charge is -2.17. The van der Waals surface area contributed by atoms with Crippen LogP contribution in [0.1, 0.15) is 39.5 Å². The number of benzene rings is 1. The molecule has 9 nitrogen and oxygen atoms in total. The number of carbonyl (C=O) groups excluding carboxylic acids is 2. The van der Waals surface area contributed by atoms with Crippen LogP contribution in [0.5, 0.6) is 5.75 Å². The van der Waals surface area contributed by atoms with Gasteiger partial charge in [0.25, 0.3) is 5.91 Å². The van der Waals surface area contributed by atoms with E-state index in [4.69, 9.17) is 9.94 Å². The molecule has 0 aromatic heterocycles. The second kappa shape index (κ2) is 12.8.